The first-order valence-electron chi connectivity index (χ1n) is 4.59. The van der Waals surface area contributed by atoms with Crippen LogP contribution in [0.2, 0.25) is 0 Å². The third kappa shape index (κ3) is 2.78. The fourth-order valence-corrected chi connectivity index (χ4v) is 1.78. The molecule has 0 spiro atoms. The average molecular weight is 275 g/mol. The summed E-state index contributed by atoms with van der Waals surface area (Å²) in [5.74, 6) is -1.86. The molecule has 0 saturated heterocycles. The normalized spacial score (nSPS) is 12.5. The van der Waals surface area contributed by atoms with Gasteiger partial charge in [0.1, 0.15) is 5.82 Å². The van der Waals surface area contributed by atoms with Crippen LogP contribution in [0.5, 0.6) is 0 Å². The highest BCUT2D eigenvalue weighted by Gasteiger charge is 2.17. The van der Waals surface area contributed by atoms with E-state index in [9.17, 15) is 9.18 Å². The Bertz CT molecular complexity index is 390. The molecule has 0 aliphatic carbocycles. The number of halogens is 2. The molecular weight excluding hydrogens is 263 g/mol. The van der Waals surface area contributed by atoms with E-state index in [0.29, 0.717) is 10.0 Å². The minimum Gasteiger partial charge on any atom is -0.481 e. The molecule has 82 valence electrons. The lowest BCUT2D eigenvalue weighted by molar-refractivity contribution is -0.141. The van der Waals surface area contributed by atoms with Gasteiger partial charge in [0.05, 0.1) is 5.92 Å². The van der Waals surface area contributed by atoms with Gasteiger partial charge < -0.3 is 5.11 Å². The van der Waals surface area contributed by atoms with Gasteiger partial charge in [0, 0.05) is 10.0 Å². The van der Waals surface area contributed by atoms with E-state index < -0.39 is 11.9 Å². The number of rotatable bonds is 3. The number of carboxylic acids is 1. The van der Waals surface area contributed by atoms with Crippen molar-refractivity contribution in [1.82, 2.24) is 0 Å². The Labute approximate surface area is 96.2 Å². The largest absolute Gasteiger partial charge is 0.481 e. The van der Waals surface area contributed by atoms with Gasteiger partial charge in [0.2, 0.25) is 0 Å². The van der Waals surface area contributed by atoms with Crippen LogP contribution in [0.4, 0.5) is 4.39 Å². The molecule has 0 heterocycles. The number of aliphatic carboxylic acids is 1. The maximum absolute atomic E-state index is 13.4. The summed E-state index contributed by atoms with van der Waals surface area (Å²) >= 11 is 3.28. The second kappa shape index (κ2) is 4.75. The van der Waals surface area contributed by atoms with Gasteiger partial charge in [-0.1, -0.05) is 28.9 Å². The molecule has 1 rings (SSSR count). The predicted octanol–water partition coefficient (Wildman–Crippen LogP) is 3.16. The fraction of sp³-hybridized carbons (Fsp3) is 0.364. The first-order valence-corrected chi connectivity index (χ1v) is 5.39. The van der Waals surface area contributed by atoms with Gasteiger partial charge >= 0.3 is 5.97 Å². The molecule has 0 fully saturated rings. The van der Waals surface area contributed by atoms with Crippen molar-refractivity contribution in [3.05, 3.63) is 33.5 Å². The highest BCUT2D eigenvalue weighted by molar-refractivity contribution is 9.10. The number of aryl methyl sites for hydroxylation is 1. The van der Waals surface area contributed by atoms with Crippen LogP contribution >= 0.6 is 15.9 Å². The van der Waals surface area contributed by atoms with E-state index in [0.717, 1.165) is 5.56 Å². The standard InChI is InChI=1S/C11H12BrFO2/c1-6-3-4-9(13)8(10(6)12)5-7(2)11(14)15/h3-4,7H,5H2,1-2H3,(H,14,15). The van der Waals surface area contributed by atoms with E-state index in [2.05, 4.69) is 15.9 Å². The lowest BCUT2D eigenvalue weighted by Gasteiger charge is -2.11. The Morgan fingerprint density at radius 3 is 2.73 bits per heavy atom. The molecule has 0 bridgehead atoms. The summed E-state index contributed by atoms with van der Waals surface area (Å²) in [4.78, 5) is 10.7. The molecule has 1 aromatic rings. The number of carbonyl (C=O) groups is 1. The van der Waals surface area contributed by atoms with Crippen molar-refractivity contribution in [3.63, 3.8) is 0 Å². The Hall–Kier alpha value is -0.900. The maximum atomic E-state index is 13.4. The number of benzene rings is 1. The van der Waals surface area contributed by atoms with Crippen molar-refractivity contribution < 1.29 is 14.3 Å². The topological polar surface area (TPSA) is 37.3 Å². The molecule has 1 N–H and O–H groups in total. The predicted molar refractivity (Wildman–Crippen MR) is 59.3 cm³/mol. The third-order valence-corrected chi connectivity index (χ3v) is 3.42. The first-order chi connectivity index (χ1) is 6.93. The summed E-state index contributed by atoms with van der Waals surface area (Å²) in [5.41, 5.74) is 1.34. The molecule has 0 amide bonds. The van der Waals surface area contributed by atoms with E-state index >= 15 is 0 Å². The van der Waals surface area contributed by atoms with Crippen molar-refractivity contribution in [1.29, 1.82) is 0 Å². The number of hydrogen-bond acceptors (Lipinski definition) is 1. The summed E-state index contributed by atoms with van der Waals surface area (Å²) in [5, 5.41) is 8.76. The zero-order valence-corrected chi connectivity index (χ0v) is 10.1. The lowest BCUT2D eigenvalue weighted by Crippen LogP contribution is -2.13. The van der Waals surface area contributed by atoms with Crippen LogP contribution in [0.1, 0.15) is 18.1 Å². The molecule has 0 aliphatic rings. The molecule has 0 aromatic heterocycles. The first kappa shape index (κ1) is 12.2. The second-order valence-electron chi connectivity index (χ2n) is 3.60. The van der Waals surface area contributed by atoms with Gasteiger partial charge in [0.15, 0.2) is 0 Å². The molecule has 1 aromatic carbocycles. The zero-order valence-electron chi connectivity index (χ0n) is 8.55. The lowest BCUT2D eigenvalue weighted by atomic mass is 9.99. The van der Waals surface area contributed by atoms with Crippen LogP contribution in [0.15, 0.2) is 16.6 Å². The molecule has 0 aliphatic heterocycles. The van der Waals surface area contributed by atoms with Gasteiger partial charge in [-0.2, -0.15) is 0 Å². The smallest absolute Gasteiger partial charge is 0.306 e. The summed E-state index contributed by atoms with van der Waals surface area (Å²) in [6.07, 6.45) is 0.198. The number of carboxylic acid groups (broad SMARTS) is 1. The minimum atomic E-state index is -0.914. The van der Waals surface area contributed by atoms with E-state index in [1.54, 1.807) is 13.0 Å². The molecule has 1 atom stereocenters. The van der Waals surface area contributed by atoms with Crippen molar-refractivity contribution >= 4 is 21.9 Å². The Morgan fingerprint density at radius 1 is 1.60 bits per heavy atom. The van der Waals surface area contributed by atoms with E-state index in [1.807, 2.05) is 6.92 Å². The molecule has 15 heavy (non-hydrogen) atoms. The molecule has 2 nitrogen and oxygen atoms in total. The monoisotopic (exact) mass is 274 g/mol. The molecular formula is C11H12BrFO2. The third-order valence-electron chi connectivity index (χ3n) is 2.31. The summed E-state index contributed by atoms with van der Waals surface area (Å²) in [7, 11) is 0. The van der Waals surface area contributed by atoms with Crippen LogP contribution in [0.3, 0.4) is 0 Å². The maximum Gasteiger partial charge on any atom is 0.306 e. The van der Waals surface area contributed by atoms with Crippen LogP contribution < -0.4 is 0 Å². The highest BCUT2D eigenvalue weighted by Crippen LogP contribution is 2.26. The van der Waals surface area contributed by atoms with Crippen LogP contribution in [0.25, 0.3) is 0 Å². The van der Waals surface area contributed by atoms with Crippen molar-refractivity contribution in [3.8, 4) is 0 Å². The van der Waals surface area contributed by atoms with E-state index in [-0.39, 0.29) is 12.2 Å². The van der Waals surface area contributed by atoms with Crippen molar-refractivity contribution in [2.75, 3.05) is 0 Å². The SMILES string of the molecule is Cc1ccc(F)c(CC(C)C(=O)O)c1Br. The minimum absolute atomic E-state index is 0.198. The quantitative estimate of drug-likeness (QED) is 0.920. The van der Waals surface area contributed by atoms with Crippen LogP contribution in [-0.4, -0.2) is 11.1 Å². The van der Waals surface area contributed by atoms with E-state index in [1.165, 1.54) is 6.07 Å². The second-order valence-corrected chi connectivity index (χ2v) is 4.39. The Kier molecular flexibility index (Phi) is 3.85. The van der Waals surface area contributed by atoms with Gasteiger partial charge in [-0.15, -0.1) is 0 Å². The summed E-state index contributed by atoms with van der Waals surface area (Å²) < 4.78 is 14.1. The molecule has 4 heteroatoms. The zero-order chi connectivity index (χ0) is 11.6. The van der Waals surface area contributed by atoms with Crippen LogP contribution in [-0.2, 0) is 11.2 Å². The van der Waals surface area contributed by atoms with Gasteiger partial charge in [0.25, 0.3) is 0 Å². The van der Waals surface area contributed by atoms with Crippen molar-refractivity contribution in [2.45, 2.75) is 20.3 Å². The molecule has 0 radical (unpaired) electrons. The van der Waals surface area contributed by atoms with Gasteiger partial charge in [-0.25, -0.2) is 4.39 Å². The molecule has 0 saturated carbocycles. The Balaban J connectivity index is 3.03. The van der Waals surface area contributed by atoms with Gasteiger partial charge in [-0.3, -0.25) is 4.79 Å². The van der Waals surface area contributed by atoms with Crippen molar-refractivity contribution in [2.24, 2.45) is 5.92 Å². The van der Waals surface area contributed by atoms with E-state index in [4.69, 9.17) is 5.11 Å². The average Bonchev–Trinajstić information content (AvgIpc) is 2.18. The fourth-order valence-electron chi connectivity index (χ4n) is 1.30. The number of hydrogen-bond donors (Lipinski definition) is 1. The van der Waals surface area contributed by atoms with Gasteiger partial charge in [-0.05, 0) is 25.0 Å². The molecule has 1 unspecified atom stereocenters. The highest BCUT2D eigenvalue weighted by atomic mass is 79.9. The Morgan fingerprint density at radius 2 is 2.20 bits per heavy atom. The summed E-state index contributed by atoms with van der Waals surface area (Å²) in [6.45, 7) is 3.41. The van der Waals surface area contributed by atoms with Crippen LogP contribution in [0, 0.1) is 18.7 Å². The summed E-state index contributed by atoms with van der Waals surface area (Å²) in [6, 6.07) is 3.03.